The number of halogens is 1. The minimum Gasteiger partial charge on any atom is -0.448 e. The number of hydrogen-bond donors (Lipinski definition) is 7. The number of benzene rings is 2. The van der Waals surface area contributed by atoms with Gasteiger partial charge in [-0.25, -0.2) is 0 Å². The van der Waals surface area contributed by atoms with Crippen LogP contribution in [0.4, 0.5) is 0 Å². The van der Waals surface area contributed by atoms with Crippen molar-refractivity contribution in [1.29, 1.82) is 0 Å². The summed E-state index contributed by atoms with van der Waals surface area (Å²) in [6, 6.07) is 18.3. The molecule has 4 aliphatic heterocycles. The number of nitrogens with zero attached hydrogens (tertiary/aromatic N) is 2. The molecule has 0 amide bonds. The molecule has 16 nitrogen and oxygen atoms in total. The Morgan fingerprint density at radius 3 is 2.23 bits per heavy atom. The van der Waals surface area contributed by atoms with Crippen molar-refractivity contribution < 1.29 is 58.7 Å². The van der Waals surface area contributed by atoms with E-state index in [1.54, 1.807) is 39.5 Å². The average Bonchev–Trinajstić information content (AvgIpc) is 3.71. The first-order valence-electron chi connectivity index (χ1n) is 26.1. The number of likely N-dealkylation sites (N-methyl/N-ethyl adjacent to an activating group) is 1. The maximum absolute atomic E-state index is 14.5. The summed E-state index contributed by atoms with van der Waals surface area (Å²) in [7, 11) is 5.30. The zero-order valence-corrected chi connectivity index (χ0v) is 47.8. The lowest BCUT2D eigenvalue weighted by atomic mass is 9.77. The van der Waals surface area contributed by atoms with Crippen molar-refractivity contribution in [3.63, 3.8) is 0 Å². The van der Waals surface area contributed by atoms with E-state index in [-0.39, 0.29) is 30.9 Å². The molecule has 7 N–H and O–H groups in total. The van der Waals surface area contributed by atoms with Crippen LogP contribution >= 0.6 is 34.4 Å². The highest BCUT2D eigenvalue weighted by molar-refractivity contribution is 14.1. The zero-order chi connectivity index (χ0) is 53.3. The summed E-state index contributed by atoms with van der Waals surface area (Å²) in [6.45, 7) is 18.2. The summed E-state index contributed by atoms with van der Waals surface area (Å²) in [5.74, 6) is -2.78. The van der Waals surface area contributed by atoms with Crippen LogP contribution in [-0.4, -0.2) is 175 Å². The summed E-state index contributed by atoms with van der Waals surface area (Å²) in [5.41, 5.74) is 1.12. The zero-order valence-electron chi connectivity index (χ0n) is 44.8. The normalized spacial score (nSPS) is 39.1. The fourth-order valence-corrected chi connectivity index (χ4v) is 13.3. The first-order chi connectivity index (χ1) is 34.4. The van der Waals surface area contributed by atoms with Crippen LogP contribution in [0.25, 0.3) is 22.4 Å². The van der Waals surface area contributed by atoms with Crippen LogP contribution < -0.4 is 5.32 Å². The second-order valence-corrected chi connectivity index (χ2v) is 24.6. The Morgan fingerprint density at radius 2 is 1.56 bits per heavy atom. The molecule has 3 aromatic rings. The van der Waals surface area contributed by atoms with Gasteiger partial charge < -0.3 is 69.2 Å². The van der Waals surface area contributed by atoms with Crippen molar-refractivity contribution in [3.8, 4) is 22.4 Å². The van der Waals surface area contributed by atoms with Crippen molar-refractivity contribution in [1.82, 2.24) is 20.1 Å². The molecule has 73 heavy (non-hydrogen) atoms. The maximum Gasteiger partial charge on any atom is 0.312 e. The first-order valence-corrected chi connectivity index (χ1v) is 28.1. The van der Waals surface area contributed by atoms with Gasteiger partial charge in [0.25, 0.3) is 0 Å². The largest absolute Gasteiger partial charge is 0.448 e. The predicted molar refractivity (Wildman–Crippen MR) is 289 cm³/mol. The molecule has 7 rings (SSSR count). The number of alkyl halides is 1. The molecule has 0 bridgehead atoms. The minimum atomic E-state index is -1.90. The van der Waals surface area contributed by atoms with Crippen molar-refractivity contribution in [2.24, 2.45) is 17.8 Å². The lowest BCUT2D eigenvalue weighted by Crippen LogP contribution is -2.60. The number of H-pyrrole nitrogens is 1. The van der Waals surface area contributed by atoms with Gasteiger partial charge in [-0.3, -0.25) is 9.69 Å². The lowest BCUT2D eigenvalue weighted by molar-refractivity contribution is -0.317. The summed E-state index contributed by atoms with van der Waals surface area (Å²) in [6.07, 6.45) is -7.11. The minimum absolute atomic E-state index is 0.113. The number of aliphatic hydroxyl groups excluding tert-OH is 3. The Balaban J connectivity index is 1.15. The van der Waals surface area contributed by atoms with Gasteiger partial charge in [0.15, 0.2) is 16.7 Å². The number of rotatable bonds is 12. The Kier molecular flexibility index (Phi) is 19.4. The molecule has 18 heteroatoms. The van der Waals surface area contributed by atoms with E-state index in [1.807, 2.05) is 69.3 Å². The predicted octanol–water partition coefficient (Wildman–Crippen LogP) is 6.56. The van der Waals surface area contributed by atoms with E-state index in [0.717, 1.165) is 11.4 Å². The third kappa shape index (κ3) is 13.0. The van der Waals surface area contributed by atoms with Gasteiger partial charge in [0.1, 0.15) is 23.9 Å². The molecule has 408 valence electrons. The Morgan fingerprint density at radius 1 is 0.904 bits per heavy atom. The highest BCUT2D eigenvalue weighted by Gasteiger charge is 2.53. The van der Waals surface area contributed by atoms with Crippen LogP contribution in [0.1, 0.15) is 93.7 Å². The summed E-state index contributed by atoms with van der Waals surface area (Å²) < 4.78 is 36.9. The van der Waals surface area contributed by atoms with Crippen LogP contribution in [0.3, 0.4) is 0 Å². The standard InChI is InChI=1S/C55H83IN4O12S/c1-30-26-53(7,65)49(71-51-45(61)40(59(10)11)24-31(2)68-51)32(3)46(70-43-27-54(8,67-12)48(63)35(6)69-43)33(4)50(64)72-52(56)55(9,66)47(62)34(5)60(29-30)23-17-22-57-28-36-25-39-37-18-13-15-20-41(37)73-42-21-16-14-19-38(42)44(39)58-36/h13-16,18-21,25,30-35,40,43,45-49,51-52,57-58,61-63,65-66H,17,22-24,26-29H2,1-12H3/t30-,31-,32+,33-,34-,35+,40+,43+,45-,46+,47-,48+,49-,51+,52+,53-,54-,55+/m1/s1. The van der Waals surface area contributed by atoms with Crippen LogP contribution in [0.2, 0.25) is 0 Å². The molecule has 0 radical (unpaired) electrons. The number of cyclic esters (lactones) is 1. The van der Waals surface area contributed by atoms with E-state index in [0.29, 0.717) is 39.0 Å². The Hall–Kier alpha value is -2.25. The molecular weight excluding hydrogens is 1070 g/mol. The van der Waals surface area contributed by atoms with Gasteiger partial charge in [-0.1, -0.05) is 62.0 Å². The molecule has 0 aliphatic carbocycles. The van der Waals surface area contributed by atoms with Crippen LogP contribution in [0.5, 0.6) is 0 Å². The van der Waals surface area contributed by atoms with E-state index in [9.17, 15) is 30.3 Å². The highest BCUT2D eigenvalue weighted by Crippen LogP contribution is 2.48. The van der Waals surface area contributed by atoms with Crippen LogP contribution in [0.15, 0.2) is 64.4 Å². The van der Waals surface area contributed by atoms with Crippen molar-refractivity contribution in [2.45, 2.75) is 193 Å². The molecule has 1 aromatic heterocycles. The van der Waals surface area contributed by atoms with Crippen LogP contribution in [-0.2, 0) is 39.8 Å². The second kappa shape index (κ2) is 24.2. The molecule has 4 aliphatic rings. The van der Waals surface area contributed by atoms with Gasteiger partial charge in [0, 0.05) is 71.2 Å². The highest BCUT2D eigenvalue weighted by atomic mass is 127. The molecule has 0 spiro atoms. The fraction of sp³-hybridized carbons (Fsp3) is 0.691. The van der Waals surface area contributed by atoms with Crippen LogP contribution in [0, 0.1) is 17.8 Å². The molecule has 18 atom stereocenters. The van der Waals surface area contributed by atoms with Crippen molar-refractivity contribution >= 4 is 40.3 Å². The SMILES string of the molecule is CO[C@]1(C)C[C@H](O[C@H]2[C@H](C)[C@@H](O[C@@H]3O[C@H](C)C[C@H](N(C)C)[C@H]3O)[C@](C)(O)C[C@@H](C)CN(CCCNCc3cc4c([nH]3)-c3ccccc3Sc3ccccc3-4)[C@H](C)[C@@H](O)[C@](C)(O)[C@@H](I)OC(=O)[C@@H]2C)O[C@@H](C)[C@@H]1O. The van der Waals surface area contributed by atoms with Gasteiger partial charge in [-0.05, 0) is 147 Å². The Labute approximate surface area is 450 Å². The second-order valence-electron chi connectivity index (χ2n) is 22.3. The third-order valence-electron chi connectivity index (χ3n) is 16.0. The first kappa shape index (κ1) is 58.4. The molecule has 3 fully saturated rings. The number of methoxy groups -OCH3 is 1. The number of aromatic nitrogens is 1. The smallest absolute Gasteiger partial charge is 0.312 e. The number of nitrogens with one attached hydrogen (secondary N) is 2. The number of aromatic amines is 1. The number of carbonyl (C=O) groups is 1. The fourth-order valence-electron chi connectivity index (χ4n) is 11.6. The number of esters is 1. The number of carbonyl (C=O) groups excluding carboxylic acids is 1. The van der Waals surface area contributed by atoms with Gasteiger partial charge in [-0.15, -0.1) is 0 Å². The summed E-state index contributed by atoms with van der Waals surface area (Å²) in [4.78, 5) is 24.7. The number of hydrogen-bond acceptors (Lipinski definition) is 16. The Bertz CT molecular complexity index is 2240. The van der Waals surface area contributed by atoms with Gasteiger partial charge >= 0.3 is 5.97 Å². The van der Waals surface area contributed by atoms with E-state index in [1.165, 1.54) is 40.5 Å². The molecule has 5 heterocycles. The molecule has 3 saturated heterocycles. The monoisotopic (exact) mass is 1150 g/mol. The molecule has 0 unspecified atom stereocenters. The van der Waals surface area contributed by atoms with E-state index >= 15 is 0 Å². The number of ether oxygens (including phenoxy) is 6. The van der Waals surface area contributed by atoms with Gasteiger partial charge in [0.2, 0.25) is 0 Å². The summed E-state index contributed by atoms with van der Waals surface area (Å²) >= 11 is 3.65. The van der Waals surface area contributed by atoms with Crippen molar-refractivity contribution in [2.75, 3.05) is 40.8 Å². The van der Waals surface area contributed by atoms with Crippen molar-refractivity contribution in [3.05, 3.63) is 60.3 Å². The molecular formula is C55H83IN4O12S. The number of fused-ring (bicyclic) bond motifs is 5. The quantitative estimate of drug-likeness (QED) is 0.0347. The molecule has 2 aromatic carbocycles. The van der Waals surface area contributed by atoms with Gasteiger partial charge in [0.05, 0.1) is 47.2 Å². The summed E-state index contributed by atoms with van der Waals surface area (Å²) in [5, 5.41) is 63.8. The van der Waals surface area contributed by atoms with E-state index < -0.39 is 94.0 Å². The van der Waals surface area contributed by atoms with E-state index in [4.69, 9.17) is 28.4 Å². The van der Waals surface area contributed by atoms with Gasteiger partial charge in [-0.2, -0.15) is 0 Å². The lowest BCUT2D eigenvalue weighted by Gasteiger charge is -2.48. The topological polar surface area (TPSA) is 208 Å². The maximum atomic E-state index is 14.5. The van der Waals surface area contributed by atoms with E-state index in [2.05, 4.69) is 69.8 Å². The average molecular weight is 1150 g/mol. The molecule has 0 saturated carbocycles. The number of aliphatic hydroxyl groups is 5. The third-order valence-corrected chi connectivity index (χ3v) is 18.6.